The summed E-state index contributed by atoms with van der Waals surface area (Å²) in [5.41, 5.74) is 3.47. The molecule has 3 aliphatic carbocycles. The molecule has 0 spiro atoms. The van der Waals surface area contributed by atoms with E-state index in [1.165, 1.54) is 116 Å². The number of nitrogens with zero attached hydrogens (tertiary/aromatic N) is 13. The number of anilines is 11. The first-order chi connectivity index (χ1) is 47.6. The minimum Gasteiger partial charge on any atom is -0.495 e. The van der Waals surface area contributed by atoms with Crippen molar-refractivity contribution in [2.75, 3.05) is 130 Å². The average Bonchev–Trinajstić information content (AvgIpc) is 0.957. The molecular formula is C71H107Cl4N21O2. The highest BCUT2D eigenvalue weighted by Gasteiger charge is 2.27. The maximum Gasteiger partial charge on any atom is 0.233 e. The van der Waals surface area contributed by atoms with Crippen molar-refractivity contribution in [1.82, 2.24) is 65.3 Å². The molecule has 98 heavy (non-hydrogen) atoms. The molecule has 6 aromatic rings. The average molecular weight is 1430 g/mol. The number of hydrogen-bond donors (Lipinski definition) is 8. The number of aryl methyl sites for hydroxylation is 1. The second-order valence-electron chi connectivity index (χ2n) is 27.0. The Balaban J connectivity index is 0.000000162. The minimum atomic E-state index is 0.147. The van der Waals surface area contributed by atoms with Gasteiger partial charge in [-0.15, -0.1) is 0 Å². The fourth-order valence-electron chi connectivity index (χ4n) is 13.3. The summed E-state index contributed by atoms with van der Waals surface area (Å²) in [5, 5.41) is 29.0. The maximum atomic E-state index is 6.32. The number of benzene rings is 3. The minimum absolute atomic E-state index is 0.147. The summed E-state index contributed by atoms with van der Waals surface area (Å²) in [4.78, 5) is 50.5. The van der Waals surface area contributed by atoms with E-state index in [-0.39, 0.29) is 5.28 Å². The zero-order valence-corrected chi connectivity index (χ0v) is 62.0. The third-order valence-corrected chi connectivity index (χ3v) is 20.7. The van der Waals surface area contributed by atoms with E-state index in [1.54, 1.807) is 26.4 Å². The first-order valence-corrected chi connectivity index (χ1v) is 37.3. The van der Waals surface area contributed by atoms with E-state index in [9.17, 15) is 0 Å². The molecule has 0 bridgehead atoms. The van der Waals surface area contributed by atoms with Gasteiger partial charge in [0.2, 0.25) is 52.9 Å². The van der Waals surface area contributed by atoms with Crippen molar-refractivity contribution in [3.63, 3.8) is 0 Å². The number of ether oxygens (including phenoxy) is 2. The SMILES string of the molecule is CNC1CCN(C)CC1.COc1ccc(Nc2nc(Cl)nc(NC3CCCCCC3)n2)cc1Cl.COc1ccc(Nc2nc(NC3CCCCCC3)nc(N(C)C3CCN(C)CC3)n2)cc1Cl.Cc1ccc(Nc2nc(NC3CCCCCC3)nc(N(C)C3CCNCC3)n2)cc1Cl. The zero-order valence-electron chi connectivity index (χ0n) is 59.0. The molecule has 3 aromatic carbocycles. The predicted octanol–water partition coefficient (Wildman–Crippen LogP) is 15.2. The van der Waals surface area contributed by atoms with E-state index in [2.05, 4.69) is 112 Å². The fourth-order valence-corrected chi connectivity index (χ4v) is 14.2. The third kappa shape index (κ3) is 24.5. The molecule has 0 atom stereocenters. The molecule has 3 saturated heterocycles. The van der Waals surface area contributed by atoms with Crippen molar-refractivity contribution < 1.29 is 9.47 Å². The van der Waals surface area contributed by atoms with Crippen molar-refractivity contribution in [3.05, 3.63) is 80.5 Å². The lowest BCUT2D eigenvalue weighted by Gasteiger charge is -2.35. The first-order valence-electron chi connectivity index (χ1n) is 35.7. The van der Waals surface area contributed by atoms with Gasteiger partial charge in [-0.3, -0.25) is 0 Å². The molecule has 23 nitrogen and oxygen atoms in total. The fraction of sp³-hybridized carbons (Fsp3) is 0.620. The van der Waals surface area contributed by atoms with Gasteiger partial charge in [0.05, 0.1) is 24.3 Å². The third-order valence-electron chi connectivity index (χ3n) is 19.5. The standard InChI is InChI=1S/C24H36ClN7O.C23H34ClN7.C17H21Cl2N5O.C7H16N2/c1-31-14-12-19(13-15-31)32(2)24-29-22(26-17-8-6-4-5-7-9-17)28-23(30-24)27-18-10-11-21(33-3)20(25)16-18;1-16-9-10-18(15-20(16)24)27-22-28-21(26-17-7-5-3-4-6-8-17)29-23(30-22)31(2)19-11-13-25-14-12-19;1-25-14-9-8-12(10-13(14)18)21-17-23-15(19)22-16(24-17)20-11-6-4-2-3-5-7-11;1-8-7-3-5-9(2)6-4-7/h10-11,16-17,19H,4-9,12-15H2,1-3H3,(H2,26,27,28,29,30);9-10,15,17,19,25H,3-8,11-14H2,1-2H3,(H2,26,27,28,29,30);8-11H,2-7H2,1H3,(H2,20,21,22,23,24);7-8H,3-6H2,1-2H3. The number of halogens is 4. The number of aromatic nitrogens is 9. The van der Waals surface area contributed by atoms with E-state index >= 15 is 0 Å². The predicted molar refractivity (Wildman–Crippen MR) is 405 cm³/mol. The zero-order chi connectivity index (χ0) is 69.2. The van der Waals surface area contributed by atoms with Gasteiger partial charge in [0.25, 0.3) is 0 Å². The first kappa shape index (κ1) is 75.9. The second-order valence-corrected chi connectivity index (χ2v) is 28.5. The largest absolute Gasteiger partial charge is 0.495 e. The molecule has 3 aromatic heterocycles. The Morgan fingerprint density at radius 1 is 0.418 bits per heavy atom. The second kappa shape index (κ2) is 39.6. The van der Waals surface area contributed by atoms with Crippen LogP contribution >= 0.6 is 46.4 Å². The summed E-state index contributed by atoms with van der Waals surface area (Å²) < 4.78 is 10.4. The number of piperidine rings is 3. The highest BCUT2D eigenvalue weighted by Crippen LogP contribution is 2.33. The number of hydrogen-bond acceptors (Lipinski definition) is 23. The van der Waals surface area contributed by atoms with Crippen molar-refractivity contribution in [3.8, 4) is 11.5 Å². The Labute approximate surface area is 602 Å². The molecule has 6 heterocycles. The van der Waals surface area contributed by atoms with Crippen LogP contribution in [0.1, 0.15) is 160 Å². The topological polar surface area (TPSA) is 244 Å². The summed E-state index contributed by atoms with van der Waals surface area (Å²) >= 11 is 24.8. The summed E-state index contributed by atoms with van der Waals surface area (Å²) in [6, 6.07) is 19.7. The molecule has 27 heteroatoms. The van der Waals surface area contributed by atoms with Crippen molar-refractivity contribution in [1.29, 1.82) is 0 Å². The molecule has 6 aliphatic rings. The van der Waals surface area contributed by atoms with Crippen LogP contribution in [-0.4, -0.2) is 180 Å². The molecule has 0 unspecified atom stereocenters. The van der Waals surface area contributed by atoms with Crippen molar-refractivity contribution in [2.24, 2.45) is 0 Å². The number of likely N-dealkylation sites (tertiary alicyclic amines) is 2. The number of rotatable bonds is 19. The van der Waals surface area contributed by atoms with Crippen molar-refractivity contribution in [2.45, 2.75) is 197 Å². The van der Waals surface area contributed by atoms with E-state index in [1.807, 2.05) is 49.4 Å². The lowest BCUT2D eigenvalue weighted by Crippen LogP contribution is -2.42. The number of nitrogens with one attached hydrogen (secondary N) is 8. The quantitative estimate of drug-likeness (QED) is 0.0351. The molecule has 0 radical (unpaired) electrons. The van der Waals surface area contributed by atoms with Gasteiger partial charge in [0.15, 0.2) is 0 Å². The lowest BCUT2D eigenvalue weighted by molar-refractivity contribution is 0.240. The van der Waals surface area contributed by atoms with E-state index in [0.29, 0.717) is 99.3 Å². The number of methoxy groups -OCH3 is 2. The Morgan fingerprint density at radius 3 is 1.15 bits per heavy atom. The van der Waals surface area contributed by atoms with Crippen LogP contribution in [0.3, 0.4) is 0 Å². The van der Waals surface area contributed by atoms with Gasteiger partial charge >= 0.3 is 0 Å². The lowest BCUT2D eigenvalue weighted by atomic mass is 10.0. The summed E-state index contributed by atoms with van der Waals surface area (Å²) in [7, 11) is 13.8. The molecule has 6 fully saturated rings. The van der Waals surface area contributed by atoms with Crippen LogP contribution < -0.4 is 61.8 Å². The molecule has 3 aliphatic heterocycles. The van der Waals surface area contributed by atoms with Crippen molar-refractivity contribution >= 4 is 111 Å². The van der Waals surface area contributed by atoms with Gasteiger partial charge in [-0.1, -0.05) is 118 Å². The summed E-state index contributed by atoms with van der Waals surface area (Å²) in [5.74, 6) is 5.85. The Hall–Kier alpha value is -6.31. The van der Waals surface area contributed by atoms with Gasteiger partial charge in [0, 0.05) is 72.4 Å². The van der Waals surface area contributed by atoms with Crippen LogP contribution in [0, 0.1) is 6.92 Å². The van der Waals surface area contributed by atoms with E-state index in [0.717, 1.165) is 111 Å². The van der Waals surface area contributed by atoms with Gasteiger partial charge in [-0.05, 0) is 210 Å². The van der Waals surface area contributed by atoms with Crippen LogP contribution in [0.4, 0.5) is 64.6 Å². The van der Waals surface area contributed by atoms with Crippen LogP contribution in [-0.2, 0) is 0 Å². The highest BCUT2D eigenvalue weighted by atomic mass is 35.5. The highest BCUT2D eigenvalue weighted by molar-refractivity contribution is 6.33. The van der Waals surface area contributed by atoms with Gasteiger partial charge in [-0.2, -0.15) is 44.9 Å². The van der Waals surface area contributed by atoms with Crippen LogP contribution in [0.5, 0.6) is 11.5 Å². The summed E-state index contributed by atoms with van der Waals surface area (Å²) in [6.07, 6.45) is 29.2. The van der Waals surface area contributed by atoms with Gasteiger partial charge in [-0.25, -0.2) is 0 Å². The molecule has 3 saturated carbocycles. The Kier molecular flexibility index (Phi) is 30.7. The molecular weight excluding hydrogens is 1320 g/mol. The molecule has 536 valence electrons. The van der Waals surface area contributed by atoms with Gasteiger partial charge < -0.3 is 71.6 Å². The molecule has 8 N–H and O–H groups in total. The van der Waals surface area contributed by atoms with Crippen LogP contribution in [0.2, 0.25) is 20.4 Å². The Morgan fingerprint density at radius 2 is 0.765 bits per heavy atom. The van der Waals surface area contributed by atoms with E-state index < -0.39 is 0 Å². The smallest absolute Gasteiger partial charge is 0.233 e. The Bertz CT molecular complexity index is 3350. The normalized spacial score (nSPS) is 18.3. The molecule has 0 amide bonds. The monoisotopic (exact) mass is 1430 g/mol. The summed E-state index contributed by atoms with van der Waals surface area (Å²) in [6.45, 7) is 8.73. The van der Waals surface area contributed by atoms with E-state index in [4.69, 9.17) is 85.8 Å². The van der Waals surface area contributed by atoms with Crippen LogP contribution in [0.15, 0.2) is 54.6 Å². The maximum absolute atomic E-state index is 6.32. The molecule has 12 rings (SSSR count). The van der Waals surface area contributed by atoms with Gasteiger partial charge in [0.1, 0.15) is 11.5 Å². The van der Waals surface area contributed by atoms with Crippen LogP contribution in [0.25, 0.3) is 0 Å².